The van der Waals surface area contributed by atoms with Crippen LogP contribution < -0.4 is 37.9 Å². The highest BCUT2D eigenvalue weighted by Crippen LogP contribution is 2.39. The molecule has 28 heteroatoms. The van der Waals surface area contributed by atoms with Crippen LogP contribution in [-0.2, 0) is 111 Å². The highest BCUT2D eigenvalue weighted by molar-refractivity contribution is 7.90. The van der Waals surface area contributed by atoms with Crippen LogP contribution in [0.5, 0.6) is 46.0 Å². The number of allylic oxidation sites excluding steroid dienone is 4. The topological polar surface area (TPSA) is 260 Å². The summed E-state index contributed by atoms with van der Waals surface area (Å²) in [6, 6.07) is 60.7. The van der Waals surface area contributed by atoms with Gasteiger partial charge in [0.25, 0.3) is 0 Å². The van der Waals surface area contributed by atoms with Crippen molar-refractivity contribution >= 4 is 40.1 Å². The van der Waals surface area contributed by atoms with Gasteiger partial charge in [-0.3, -0.25) is 0 Å². The van der Waals surface area contributed by atoms with E-state index in [1.54, 1.807) is 74.1 Å². The molecule has 8 aromatic carbocycles. The normalized spacial score (nSPS) is 16.6. The highest BCUT2D eigenvalue weighted by Gasteiger charge is 2.43. The van der Waals surface area contributed by atoms with Crippen molar-refractivity contribution in [2.75, 3.05) is 110 Å². The fraction of sp³-hybridized carbons (Fsp3) is 0.500. The number of rotatable bonds is 52. The van der Waals surface area contributed by atoms with Crippen LogP contribution in [0.1, 0.15) is 175 Å². The maximum Gasteiger partial charge on any atom is 0.217 e. The molecule has 4 saturated heterocycles. The summed E-state index contributed by atoms with van der Waals surface area (Å²) in [5.74, 6) is 7.22. The average molecular weight is 2010 g/mol. The first-order chi connectivity index (χ1) is 67.5. The summed E-state index contributed by atoms with van der Waals surface area (Å²) in [5.41, 5.74) is 7.36. The first kappa shape index (κ1) is 114. The van der Waals surface area contributed by atoms with E-state index in [4.69, 9.17) is 56.8 Å². The van der Waals surface area contributed by atoms with Gasteiger partial charge < -0.3 is 56.8 Å². The third kappa shape index (κ3) is 35.6. The Bertz CT molecular complexity index is 4540. The fourth-order valence-electron chi connectivity index (χ4n) is 18.7. The lowest BCUT2D eigenvalue weighted by Crippen LogP contribution is -2.42. The Morgan fingerprint density at radius 2 is 0.364 bits per heavy atom. The summed E-state index contributed by atoms with van der Waals surface area (Å²) in [6.45, 7) is 31.6. The molecule has 768 valence electrons. The van der Waals surface area contributed by atoms with Crippen LogP contribution in [0.2, 0.25) is 0 Å². The number of benzene rings is 8. The maximum atomic E-state index is 14.3. The molecular formula is C112H156N4O20S4. The van der Waals surface area contributed by atoms with Gasteiger partial charge in [-0.2, -0.15) is 17.2 Å². The van der Waals surface area contributed by atoms with Crippen LogP contribution in [0, 0.1) is 47.3 Å². The van der Waals surface area contributed by atoms with Gasteiger partial charge in [-0.25, -0.2) is 33.7 Å². The second-order valence-electron chi connectivity index (χ2n) is 37.4. The van der Waals surface area contributed by atoms with E-state index in [0.29, 0.717) is 180 Å². The van der Waals surface area contributed by atoms with Gasteiger partial charge in [0.1, 0.15) is 46.0 Å². The Labute approximate surface area is 838 Å². The largest absolute Gasteiger partial charge is 0.497 e. The Morgan fingerprint density at radius 1 is 0.243 bits per heavy atom. The summed E-state index contributed by atoms with van der Waals surface area (Å²) in [4.78, 5) is 0. The lowest BCUT2D eigenvalue weighted by atomic mass is 9.89. The van der Waals surface area contributed by atoms with Gasteiger partial charge in [0.15, 0.2) is 0 Å². The van der Waals surface area contributed by atoms with Crippen molar-refractivity contribution in [3.63, 3.8) is 0 Å². The van der Waals surface area contributed by atoms with Gasteiger partial charge in [0, 0.05) is 105 Å². The number of hydrogen-bond donors (Lipinski definition) is 0. The number of nitrogens with zero attached hydrogens (tertiary/aromatic N) is 4. The first-order valence-corrected chi connectivity index (χ1v) is 55.2. The zero-order valence-electron chi connectivity index (χ0n) is 84.8. The van der Waals surface area contributed by atoms with Crippen LogP contribution >= 0.6 is 0 Å². The van der Waals surface area contributed by atoms with Gasteiger partial charge in [-0.15, -0.1) is 26.3 Å². The van der Waals surface area contributed by atoms with Crippen LogP contribution in [-0.4, -0.2) is 182 Å². The molecule has 4 fully saturated rings. The second-order valence-corrected chi connectivity index (χ2v) is 46.0. The molecule has 0 N–H and O–H groups in total. The van der Waals surface area contributed by atoms with Crippen LogP contribution in [0.3, 0.4) is 0 Å². The lowest BCUT2D eigenvalue weighted by Gasteiger charge is -2.34. The molecule has 0 amide bonds. The average Bonchev–Trinajstić information content (AvgIpc) is 0.804. The Kier molecular flexibility index (Phi) is 48.1. The molecule has 140 heavy (non-hydrogen) atoms. The Morgan fingerprint density at radius 3 is 0.471 bits per heavy atom. The van der Waals surface area contributed by atoms with Crippen molar-refractivity contribution in [2.45, 2.75) is 204 Å². The predicted molar refractivity (Wildman–Crippen MR) is 560 cm³/mol. The van der Waals surface area contributed by atoms with E-state index >= 15 is 0 Å². The van der Waals surface area contributed by atoms with Gasteiger partial charge in [0.2, 0.25) is 40.1 Å². The van der Waals surface area contributed by atoms with Crippen molar-refractivity contribution < 1.29 is 90.5 Å². The summed E-state index contributed by atoms with van der Waals surface area (Å²) in [7, 11) is -1.54. The van der Waals surface area contributed by atoms with E-state index in [1.165, 1.54) is 0 Å². The molecule has 0 saturated carbocycles. The van der Waals surface area contributed by atoms with Gasteiger partial charge in [-0.1, -0.05) is 149 Å². The quantitative estimate of drug-likeness (QED) is 0.0321. The molecule has 0 aromatic heterocycles. The van der Waals surface area contributed by atoms with Crippen LogP contribution in [0.15, 0.2) is 245 Å². The molecule has 0 unspecified atom stereocenters. The molecule has 0 radical (unpaired) electrons. The minimum absolute atomic E-state index is 0.0328. The maximum absolute atomic E-state index is 14.3. The SMILES string of the molecule is C=CC[C@@H](C)[C@@H](CC1CCOCC1)S(=O)(=O)N(Cc1ccc(OC)cc1)Cc1ccc(OC)cc1.C=CC[C@@H](C)[C@H](CC1CCOCC1)S(=O)(=O)N(Cc1ccc(OC)cc1)Cc1ccc(OC)cc1.C=CC[C@H](C)[C@@H](CC1CCOCC1)S(=O)(=O)N(Cc1ccc(OC)cc1)Cc1ccc(OC)cc1.C=CC[C@H](C)[C@H](CC1CCOCC1)S(=O)(=O)N(Cc1ccc(OC)cc1)Cc1ccc(OC)cc1. The first-order valence-electron chi connectivity index (χ1n) is 49.2. The summed E-state index contributed by atoms with van der Waals surface area (Å²) < 4.78 is 185. The molecule has 0 aliphatic carbocycles. The standard InChI is InChI=1S/4C28H39NO5S/c4*1-5-6-22(2)28(19-23-15-17-34-18-16-23)35(30,31)29(20-24-7-11-26(32-3)12-8-24)21-25-9-13-27(33-4)14-10-25/h4*5,7-14,22-23,28H,1,6,15-21H2,2-4H3/t2*22-,28+;2*22-,28-/m1010/s1. The minimum Gasteiger partial charge on any atom is -0.497 e. The molecule has 4 aliphatic rings. The lowest BCUT2D eigenvalue weighted by molar-refractivity contribution is 0.0621. The van der Waals surface area contributed by atoms with Gasteiger partial charge in [-0.05, 0) is 292 Å². The third-order valence-electron chi connectivity index (χ3n) is 27.4. The van der Waals surface area contributed by atoms with Crippen molar-refractivity contribution in [3.05, 3.63) is 289 Å². The van der Waals surface area contributed by atoms with Gasteiger partial charge >= 0.3 is 0 Å². The molecule has 4 aliphatic heterocycles. The third-order valence-corrected chi connectivity index (χ3v) is 37.0. The summed E-state index contributed by atoms with van der Waals surface area (Å²) in [5, 5.41) is -1.94. The van der Waals surface area contributed by atoms with Crippen molar-refractivity contribution in [2.24, 2.45) is 47.3 Å². The zero-order valence-corrected chi connectivity index (χ0v) is 88.0. The summed E-state index contributed by atoms with van der Waals surface area (Å²) in [6.07, 6.45) is 19.8. The van der Waals surface area contributed by atoms with E-state index in [2.05, 4.69) is 26.3 Å². The minimum atomic E-state index is -3.63. The Balaban J connectivity index is 0.000000209. The number of methoxy groups -OCH3 is 8. The van der Waals surface area contributed by atoms with Crippen molar-refractivity contribution in [3.8, 4) is 46.0 Å². The molecule has 24 nitrogen and oxygen atoms in total. The number of sulfonamides is 4. The monoisotopic (exact) mass is 2010 g/mol. The van der Waals surface area contributed by atoms with Crippen LogP contribution in [0.4, 0.5) is 0 Å². The van der Waals surface area contributed by atoms with Crippen molar-refractivity contribution in [1.82, 2.24) is 17.2 Å². The van der Waals surface area contributed by atoms with Crippen molar-refractivity contribution in [1.29, 1.82) is 0 Å². The molecule has 0 spiro atoms. The van der Waals surface area contributed by atoms with E-state index in [9.17, 15) is 33.7 Å². The number of ether oxygens (including phenoxy) is 12. The molecule has 8 aromatic rings. The van der Waals surface area contributed by atoms with E-state index in [1.807, 2.05) is 246 Å². The smallest absolute Gasteiger partial charge is 0.217 e. The molecule has 4 heterocycles. The molecule has 8 atom stereocenters. The molecule has 0 bridgehead atoms. The second kappa shape index (κ2) is 59.0. The predicted octanol–water partition coefficient (Wildman–Crippen LogP) is 21.7. The summed E-state index contributed by atoms with van der Waals surface area (Å²) >= 11 is 0. The Hall–Kier alpha value is -9.40. The number of hydrogen-bond acceptors (Lipinski definition) is 20. The van der Waals surface area contributed by atoms with Gasteiger partial charge in [0.05, 0.1) is 77.9 Å². The van der Waals surface area contributed by atoms with E-state index in [0.717, 1.165) is 142 Å². The highest BCUT2D eigenvalue weighted by atomic mass is 32.2. The van der Waals surface area contributed by atoms with E-state index in [-0.39, 0.29) is 23.7 Å². The van der Waals surface area contributed by atoms with E-state index < -0.39 is 61.1 Å². The molecular weight excluding hydrogens is 1850 g/mol. The molecule has 12 rings (SSSR count). The van der Waals surface area contributed by atoms with Crippen LogP contribution in [0.25, 0.3) is 0 Å². The fourth-order valence-corrected chi connectivity index (χ4v) is 27.7. The zero-order chi connectivity index (χ0) is 101.